The smallest absolute Gasteiger partial charge is 0.0642 e. The Labute approximate surface area is 94.4 Å². The predicted molar refractivity (Wildman–Crippen MR) is 61.2 cm³/mol. The Morgan fingerprint density at radius 2 is 2.21 bits per heavy atom. The molecular formula is C11H13Cl2N. The van der Waals surface area contributed by atoms with E-state index in [1.807, 2.05) is 6.07 Å². The van der Waals surface area contributed by atoms with E-state index in [4.69, 9.17) is 23.2 Å². The average Bonchev–Trinajstić information content (AvgIpc) is 2.23. The molecule has 0 bridgehead atoms. The zero-order valence-electron chi connectivity index (χ0n) is 8.11. The predicted octanol–water partition coefficient (Wildman–Crippen LogP) is 3.59. The van der Waals surface area contributed by atoms with E-state index in [2.05, 4.69) is 18.3 Å². The molecule has 1 atom stereocenters. The van der Waals surface area contributed by atoms with Gasteiger partial charge < -0.3 is 5.32 Å². The van der Waals surface area contributed by atoms with Crippen LogP contribution in [0.1, 0.15) is 30.5 Å². The highest BCUT2D eigenvalue weighted by Crippen LogP contribution is 2.36. The molecule has 1 aliphatic heterocycles. The molecule has 1 unspecified atom stereocenters. The monoisotopic (exact) mass is 229 g/mol. The summed E-state index contributed by atoms with van der Waals surface area (Å²) in [6.07, 6.45) is 2.09. The first-order chi connectivity index (χ1) is 6.74. The summed E-state index contributed by atoms with van der Waals surface area (Å²) in [5, 5.41) is 4.83. The normalized spacial score (nSPS) is 20.6. The molecule has 0 saturated heterocycles. The molecule has 2 rings (SSSR count). The van der Waals surface area contributed by atoms with Crippen molar-refractivity contribution in [3.8, 4) is 0 Å². The molecule has 1 N–H and O–H groups in total. The van der Waals surface area contributed by atoms with Crippen LogP contribution in [0.25, 0.3) is 0 Å². The largest absolute Gasteiger partial charge is 0.310 e. The highest BCUT2D eigenvalue weighted by atomic mass is 35.5. The van der Waals surface area contributed by atoms with E-state index in [1.54, 1.807) is 0 Å². The molecule has 1 aromatic rings. The lowest BCUT2D eigenvalue weighted by molar-refractivity contribution is 0.493. The number of rotatable bonds is 1. The van der Waals surface area contributed by atoms with E-state index in [-0.39, 0.29) is 0 Å². The zero-order valence-corrected chi connectivity index (χ0v) is 9.62. The lowest BCUT2D eigenvalue weighted by Crippen LogP contribution is -2.29. The van der Waals surface area contributed by atoms with Gasteiger partial charge in [-0.2, -0.15) is 0 Å². The van der Waals surface area contributed by atoms with E-state index >= 15 is 0 Å². The molecule has 0 spiro atoms. The van der Waals surface area contributed by atoms with Crippen molar-refractivity contribution in [2.24, 2.45) is 0 Å². The number of hydrogen-bond acceptors (Lipinski definition) is 1. The van der Waals surface area contributed by atoms with Gasteiger partial charge in [0, 0.05) is 6.04 Å². The second kappa shape index (κ2) is 4.09. The van der Waals surface area contributed by atoms with E-state index in [0.29, 0.717) is 11.1 Å². The maximum absolute atomic E-state index is 6.21. The molecule has 1 nitrogen and oxygen atoms in total. The molecule has 0 fully saturated rings. The fourth-order valence-electron chi connectivity index (χ4n) is 2.03. The zero-order chi connectivity index (χ0) is 10.1. The molecule has 0 amide bonds. The van der Waals surface area contributed by atoms with Crippen molar-refractivity contribution >= 4 is 23.2 Å². The van der Waals surface area contributed by atoms with Crippen LogP contribution in [0.2, 0.25) is 10.0 Å². The topological polar surface area (TPSA) is 12.0 Å². The van der Waals surface area contributed by atoms with E-state index < -0.39 is 0 Å². The Morgan fingerprint density at radius 1 is 1.43 bits per heavy atom. The minimum absolute atomic E-state index is 0.366. The van der Waals surface area contributed by atoms with Gasteiger partial charge in [-0.1, -0.05) is 36.2 Å². The van der Waals surface area contributed by atoms with E-state index in [9.17, 15) is 0 Å². The van der Waals surface area contributed by atoms with Gasteiger partial charge in [0.2, 0.25) is 0 Å². The Morgan fingerprint density at radius 3 is 2.93 bits per heavy atom. The molecule has 1 aliphatic rings. The second-order valence-electron chi connectivity index (χ2n) is 3.60. The number of fused-ring (bicyclic) bond motifs is 1. The van der Waals surface area contributed by atoms with Crippen molar-refractivity contribution in [2.75, 3.05) is 6.54 Å². The summed E-state index contributed by atoms with van der Waals surface area (Å²) in [7, 11) is 0. The Bertz CT molecular complexity index is 349. The number of nitrogens with one attached hydrogen (secondary N) is 1. The summed E-state index contributed by atoms with van der Waals surface area (Å²) in [6.45, 7) is 3.19. The molecule has 14 heavy (non-hydrogen) atoms. The Hall–Kier alpha value is -0.240. The van der Waals surface area contributed by atoms with Crippen LogP contribution < -0.4 is 5.32 Å². The third-order valence-corrected chi connectivity index (χ3v) is 3.58. The third kappa shape index (κ3) is 1.65. The SMILES string of the molecule is CCC1NCCc2ccc(Cl)c(Cl)c21. The lowest BCUT2D eigenvalue weighted by Gasteiger charge is -2.27. The summed E-state index contributed by atoms with van der Waals surface area (Å²) in [5.41, 5.74) is 2.54. The maximum atomic E-state index is 6.21. The molecule has 3 heteroatoms. The lowest BCUT2D eigenvalue weighted by atomic mass is 9.93. The Kier molecular flexibility index (Phi) is 3.01. The van der Waals surface area contributed by atoms with Crippen molar-refractivity contribution in [3.63, 3.8) is 0 Å². The van der Waals surface area contributed by atoms with Crippen LogP contribution in [-0.2, 0) is 6.42 Å². The van der Waals surface area contributed by atoms with Crippen LogP contribution in [-0.4, -0.2) is 6.54 Å². The van der Waals surface area contributed by atoms with Crippen molar-refractivity contribution in [1.29, 1.82) is 0 Å². The van der Waals surface area contributed by atoms with Crippen LogP contribution in [0.4, 0.5) is 0 Å². The summed E-state index contributed by atoms with van der Waals surface area (Å²) in [4.78, 5) is 0. The number of halogens is 2. The summed E-state index contributed by atoms with van der Waals surface area (Å²) < 4.78 is 0. The maximum Gasteiger partial charge on any atom is 0.0642 e. The van der Waals surface area contributed by atoms with Gasteiger partial charge in [0.15, 0.2) is 0 Å². The number of hydrogen-bond donors (Lipinski definition) is 1. The van der Waals surface area contributed by atoms with Crippen molar-refractivity contribution in [3.05, 3.63) is 33.3 Å². The first-order valence-electron chi connectivity index (χ1n) is 4.94. The Balaban J connectivity index is 2.53. The van der Waals surface area contributed by atoms with E-state index in [1.165, 1.54) is 11.1 Å². The third-order valence-electron chi connectivity index (χ3n) is 2.76. The van der Waals surface area contributed by atoms with Crippen LogP contribution in [0, 0.1) is 0 Å². The van der Waals surface area contributed by atoms with Gasteiger partial charge in [-0.05, 0) is 36.6 Å². The van der Waals surface area contributed by atoms with E-state index in [0.717, 1.165) is 24.4 Å². The van der Waals surface area contributed by atoms with Crippen molar-refractivity contribution in [1.82, 2.24) is 5.32 Å². The molecule has 0 aromatic heterocycles. The van der Waals surface area contributed by atoms with Gasteiger partial charge in [-0.3, -0.25) is 0 Å². The fourth-order valence-corrected chi connectivity index (χ4v) is 2.51. The van der Waals surface area contributed by atoms with Crippen LogP contribution in [0.15, 0.2) is 12.1 Å². The number of benzene rings is 1. The molecule has 0 saturated carbocycles. The molecule has 1 heterocycles. The average molecular weight is 230 g/mol. The van der Waals surface area contributed by atoms with Gasteiger partial charge in [0.05, 0.1) is 10.0 Å². The highest BCUT2D eigenvalue weighted by molar-refractivity contribution is 6.42. The molecule has 76 valence electrons. The minimum Gasteiger partial charge on any atom is -0.310 e. The van der Waals surface area contributed by atoms with Gasteiger partial charge in [0.25, 0.3) is 0 Å². The van der Waals surface area contributed by atoms with Crippen molar-refractivity contribution < 1.29 is 0 Å². The highest BCUT2D eigenvalue weighted by Gasteiger charge is 2.21. The first kappa shape index (κ1) is 10.3. The van der Waals surface area contributed by atoms with Crippen LogP contribution in [0.3, 0.4) is 0 Å². The standard InChI is InChI=1S/C11H13Cl2N/c1-2-9-10-7(5-6-14-9)3-4-8(12)11(10)13/h3-4,9,14H,2,5-6H2,1H3. The van der Waals surface area contributed by atoms with Gasteiger partial charge in [-0.25, -0.2) is 0 Å². The molecule has 0 radical (unpaired) electrons. The summed E-state index contributed by atoms with van der Waals surface area (Å²) in [6, 6.07) is 4.35. The fraction of sp³-hybridized carbons (Fsp3) is 0.455. The molecule has 0 aliphatic carbocycles. The second-order valence-corrected chi connectivity index (χ2v) is 4.38. The molecular weight excluding hydrogens is 217 g/mol. The van der Waals surface area contributed by atoms with Crippen LogP contribution >= 0.6 is 23.2 Å². The summed E-state index contributed by atoms with van der Waals surface area (Å²) in [5.74, 6) is 0. The minimum atomic E-state index is 0.366. The van der Waals surface area contributed by atoms with Gasteiger partial charge >= 0.3 is 0 Å². The van der Waals surface area contributed by atoms with Crippen LogP contribution in [0.5, 0.6) is 0 Å². The quantitative estimate of drug-likeness (QED) is 0.777. The molecule has 1 aromatic carbocycles. The first-order valence-corrected chi connectivity index (χ1v) is 5.69. The van der Waals surface area contributed by atoms with Gasteiger partial charge in [-0.15, -0.1) is 0 Å². The summed E-state index contributed by atoms with van der Waals surface area (Å²) >= 11 is 12.2. The van der Waals surface area contributed by atoms with Gasteiger partial charge in [0.1, 0.15) is 0 Å². The van der Waals surface area contributed by atoms with Crippen molar-refractivity contribution in [2.45, 2.75) is 25.8 Å².